The van der Waals surface area contributed by atoms with Gasteiger partial charge in [-0.25, -0.2) is 13.4 Å². The number of phenolic OH excluding ortho intramolecular Hbond substituents is 1. The van der Waals surface area contributed by atoms with Gasteiger partial charge in [0.05, 0.1) is 40.2 Å². The van der Waals surface area contributed by atoms with Crippen LogP contribution in [-0.4, -0.2) is 44.5 Å². The Balaban J connectivity index is 1.86. The van der Waals surface area contributed by atoms with E-state index in [-0.39, 0.29) is 10.9 Å². The van der Waals surface area contributed by atoms with Gasteiger partial charge in [0.2, 0.25) is 15.0 Å². The lowest BCUT2D eigenvalue weighted by atomic mass is 10.0. The maximum Gasteiger partial charge on any atom is 0.229 e. The molecule has 0 aliphatic carbocycles. The summed E-state index contributed by atoms with van der Waals surface area (Å²) in [4.78, 5) is 13.3. The Bertz CT molecular complexity index is 1620. The number of imidazole rings is 1. The van der Waals surface area contributed by atoms with E-state index in [1.165, 1.54) is 0 Å². The molecule has 0 saturated heterocycles. The molecule has 10 heteroatoms. The van der Waals surface area contributed by atoms with Crippen molar-refractivity contribution in [2.45, 2.75) is 32.0 Å². The van der Waals surface area contributed by atoms with E-state index >= 15 is 0 Å². The topological polar surface area (TPSA) is 124 Å². The molecule has 0 aliphatic heterocycles. The fourth-order valence-electron chi connectivity index (χ4n) is 4.23. The molecule has 9 nitrogen and oxygen atoms in total. The summed E-state index contributed by atoms with van der Waals surface area (Å²) in [7, 11) is -3.67. The number of benzene rings is 1. The maximum absolute atomic E-state index is 12.7. The van der Waals surface area contributed by atoms with Crippen molar-refractivity contribution in [1.82, 2.24) is 24.7 Å². The Morgan fingerprint density at radius 1 is 1.12 bits per heavy atom. The van der Waals surface area contributed by atoms with E-state index < -0.39 is 15.9 Å². The van der Waals surface area contributed by atoms with Crippen molar-refractivity contribution < 1.29 is 18.0 Å². The highest BCUT2D eigenvalue weighted by atomic mass is 32.2. The minimum Gasteiger partial charge on any atom is -0.507 e. The van der Waals surface area contributed by atoms with Crippen molar-refractivity contribution in [2.24, 2.45) is 0 Å². The molecule has 5 rings (SSSR count). The van der Waals surface area contributed by atoms with Gasteiger partial charge in [-0.1, -0.05) is 11.2 Å². The van der Waals surface area contributed by atoms with Crippen LogP contribution in [-0.2, 0) is 9.84 Å². The molecule has 0 fully saturated rings. The molecular formula is C23H21N5O4S. The van der Waals surface area contributed by atoms with Gasteiger partial charge in [-0.2, -0.15) is 0 Å². The van der Waals surface area contributed by atoms with Gasteiger partial charge in [0.1, 0.15) is 17.0 Å². The number of hydrogen-bond donors (Lipinski definition) is 1. The summed E-state index contributed by atoms with van der Waals surface area (Å²) in [6.07, 6.45) is 4.33. The van der Waals surface area contributed by atoms with E-state index in [4.69, 9.17) is 4.52 Å². The number of nitrogens with zero attached hydrogens (tertiary/aromatic N) is 5. The first kappa shape index (κ1) is 21.1. The molecule has 4 heterocycles. The molecule has 0 bridgehead atoms. The van der Waals surface area contributed by atoms with E-state index in [2.05, 4.69) is 20.1 Å². The van der Waals surface area contributed by atoms with Crippen LogP contribution in [0.2, 0.25) is 0 Å². The Morgan fingerprint density at radius 3 is 2.55 bits per heavy atom. The lowest BCUT2D eigenvalue weighted by Crippen LogP contribution is -2.15. The quantitative estimate of drug-likeness (QED) is 0.425. The van der Waals surface area contributed by atoms with Crippen LogP contribution in [0.15, 0.2) is 52.4 Å². The molecule has 1 atom stereocenters. The van der Waals surface area contributed by atoms with Crippen molar-refractivity contribution in [3.05, 3.63) is 59.9 Å². The zero-order chi connectivity index (χ0) is 23.5. The molecule has 5 aromatic rings. The van der Waals surface area contributed by atoms with Gasteiger partial charge in [0.15, 0.2) is 0 Å². The van der Waals surface area contributed by atoms with Gasteiger partial charge in [-0.05, 0) is 45.0 Å². The second kappa shape index (κ2) is 7.38. The Hall–Kier alpha value is -3.79. The summed E-state index contributed by atoms with van der Waals surface area (Å²) < 4.78 is 32.2. The molecule has 1 N–H and O–H groups in total. The standard InChI is InChI=1S/C23H21N5O4S/c1-12-21(14(3)32-27-12)16-9-18-15(10-20(16)29)22-19(11-25-18)26-23(33(4,30)31)28(22)13(2)17-7-5-6-8-24-17/h5-11,13,29H,1-4H3/t13-/m1/s1. The van der Waals surface area contributed by atoms with Gasteiger partial charge in [-0.3, -0.25) is 9.97 Å². The van der Waals surface area contributed by atoms with Crippen LogP contribution in [0.5, 0.6) is 5.75 Å². The monoisotopic (exact) mass is 463 g/mol. The van der Waals surface area contributed by atoms with Crippen molar-refractivity contribution in [1.29, 1.82) is 0 Å². The molecule has 0 saturated carbocycles. The van der Waals surface area contributed by atoms with Gasteiger partial charge in [0, 0.05) is 23.4 Å². The molecule has 4 aromatic heterocycles. The second-order valence-electron chi connectivity index (χ2n) is 8.04. The number of fused-ring (bicyclic) bond motifs is 3. The van der Waals surface area contributed by atoms with Gasteiger partial charge >= 0.3 is 0 Å². The summed E-state index contributed by atoms with van der Waals surface area (Å²) in [5.41, 5.74) is 4.11. The van der Waals surface area contributed by atoms with Gasteiger partial charge < -0.3 is 14.2 Å². The van der Waals surface area contributed by atoms with Crippen molar-refractivity contribution in [2.75, 3.05) is 6.26 Å². The number of rotatable bonds is 4. The van der Waals surface area contributed by atoms with Gasteiger partial charge in [0.25, 0.3) is 0 Å². The smallest absolute Gasteiger partial charge is 0.229 e. The maximum atomic E-state index is 12.7. The van der Waals surface area contributed by atoms with E-state index in [0.717, 1.165) is 6.26 Å². The molecule has 0 spiro atoms. The summed E-state index contributed by atoms with van der Waals surface area (Å²) in [5, 5.41) is 15.4. The highest BCUT2D eigenvalue weighted by Crippen LogP contribution is 2.39. The van der Waals surface area contributed by atoms with Crippen molar-refractivity contribution >= 4 is 31.8 Å². The van der Waals surface area contributed by atoms with Crippen molar-refractivity contribution in [3.63, 3.8) is 0 Å². The second-order valence-corrected chi connectivity index (χ2v) is 9.95. The first-order chi connectivity index (χ1) is 15.7. The van der Waals surface area contributed by atoms with Crippen LogP contribution >= 0.6 is 0 Å². The summed E-state index contributed by atoms with van der Waals surface area (Å²) in [5.74, 6) is 0.585. The summed E-state index contributed by atoms with van der Waals surface area (Å²) >= 11 is 0. The Kier molecular flexibility index (Phi) is 4.71. The molecule has 0 unspecified atom stereocenters. The first-order valence-corrected chi connectivity index (χ1v) is 12.1. The minimum absolute atomic E-state index is 0.00495. The summed E-state index contributed by atoms with van der Waals surface area (Å²) in [6, 6.07) is 8.38. The third-order valence-corrected chi connectivity index (χ3v) is 6.69. The van der Waals surface area contributed by atoms with E-state index in [9.17, 15) is 13.5 Å². The molecule has 33 heavy (non-hydrogen) atoms. The highest BCUT2D eigenvalue weighted by Gasteiger charge is 2.27. The molecule has 0 aliphatic rings. The average molecular weight is 464 g/mol. The fourth-order valence-corrected chi connectivity index (χ4v) is 5.11. The number of aromatic hydroxyl groups is 1. The Labute approximate surface area is 189 Å². The molecular weight excluding hydrogens is 442 g/mol. The summed E-state index contributed by atoms with van der Waals surface area (Å²) in [6.45, 7) is 5.44. The van der Waals surface area contributed by atoms with Crippen LogP contribution in [0.4, 0.5) is 0 Å². The normalized spacial score (nSPS) is 13.1. The zero-order valence-corrected chi connectivity index (χ0v) is 19.3. The number of sulfone groups is 1. The lowest BCUT2D eigenvalue weighted by molar-refractivity contribution is 0.393. The predicted molar refractivity (Wildman–Crippen MR) is 123 cm³/mol. The van der Waals surface area contributed by atoms with Crippen LogP contribution in [0.1, 0.15) is 30.1 Å². The van der Waals surface area contributed by atoms with Crippen LogP contribution < -0.4 is 0 Å². The minimum atomic E-state index is -3.67. The lowest BCUT2D eigenvalue weighted by Gasteiger charge is -2.17. The zero-order valence-electron chi connectivity index (χ0n) is 18.4. The Morgan fingerprint density at radius 2 is 1.91 bits per heavy atom. The number of phenols is 1. The third-order valence-electron chi connectivity index (χ3n) is 5.74. The number of aryl methyl sites for hydroxylation is 2. The third kappa shape index (κ3) is 3.34. The van der Waals surface area contributed by atoms with Crippen molar-refractivity contribution in [3.8, 4) is 16.9 Å². The van der Waals surface area contributed by atoms with E-state index in [1.54, 1.807) is 49.0 Å². The molecule has 1 aromatic carbocycles. The molecule has 0 radical (unpaired) electrons. The van der Waals surface area contributed by atoms with Gasteiger partial charge in [-0.15, -0.1) is 0 Å². The number of pyridine rings is 2. The number of hydrogen-bond acceptors (Lipinski definition) is 8. The highest BCUT2D eigenvalue weighted by molar-refractivity contribution is 7.90. The molecule has 168 valence electrons. The fraction of sp³-hybridized carbons (Fsp3) is 0.217. The van der Waals surface area contributed by atoms with Crippen LogP contribution in [0, 0.1) is 13.8 Å². The van der Waals surface area contributed by atoms with Crippen LogP contribution in [0.25, 0.3) is 33.1 Å². The first-order valence-electron chi connectivity index (χ1n) is 10.2. The molecule has 0 amide bonds. The van der Waals surface area contributed by atoms with Crippen LogP contribution in [0.3, 0.4) is 0 Å². The SMILES string of the molecule is Cc1noc(C)c1-c1cc2ncc3nc(S(C)(=O)=O)n([C@H](C)c4ccccn4)c3c2cc1O. The van der Waals surface area contributed by atoms with E-state index in [0.29, 0.717) is 50.2 Å². The van der Waals surface area contributed by atoms with E-state index in [1.807, 2.05) is 19.1 Å². The average Bonchev–Trinajstić information content (AvgIpc) is 3.34. The number of aromatic nitrogens is 5. The predicted octanol–water partition coefficient (Wildman–Crippen LogP) is 3.97. The largest absolute Gasteiger partial charge is 0.507 e.